The number of hydrogen-bond donors (Lipinski definition) is 1. The number of hydrogen-bond acceptors (Lipinski definition) is 3. The first-order valence-corrected chi connectivity index (χ1v) is 6.73. The van der Waals surface area contributed by atoms with Crippen LogP contribution in [0.1, 0.15) is 12.0 Å². The molecule has 1 N–H and O–H groups in total. The Morgan fingerprint density at radius 2 is 2.29 bits per heavy atom. The second-order valence-corrected chi connectivity index (χ2v) is 5.22. The first-order chi connectivity index (χ1) is 6.86. The van der Waals surface area contributed by atoms with Crippen molar-refractivity contribution in [3.8, 4) is 0 Å². The Kier molecular flexibility index (Phi) is 3.99. The summed E-state index contributed by atoms with van der Waals surface area (Å²) < 4.78 is 1.26. The molecule has 1 aliphatic rings. The number of thiophene rings is 1. The fraction of sp³-hybridized carbons (Fsp3) is 0.600. The van der Waals surface area contributed by atoms with Crippen LogP contribution in [0.2, 0.25) is 0 Å². The molecule has 78 valence electrons. The van der Waals surface area contributed by atoms with Gasteiger partial charge in [0.25, 0.3) is 0 Å². The van der Waals surface area contributed by atoms with E-state index in [0.29, 0.717) is 0 Å². The minimum absolute atomic E-state index is 1.09. The lowest BCUT2D eigenvalue weighted by Crippen LogP contribution is -2.27. The van der Waals surface area contributed by atoms with E-state index in [9.17, 15) is 0 Å². The van der Waals surface area contributed by atoms with Gasteiger partial charge in [-0.25, -0.2) is 0 Å². The predicted molar refractivity (Wildman–Crippen MR) is 64.8 cm³/mol. The van der Waals surface area contributed by atoms with Gasteiger partial charge in [-0.2, -0.15) is 11.3 Å². The highest BCUT2D eigenvalue weighted by Gasteiger charge is 2.10. The smallest absolute Gasteiger partial charge is 0.0327 e. The number of nitrogens with zero attached hydrogens (tertiary/aromatic N) is 1. The molecule has 2 rings (SSSR count). The molecular weight excluding hydrogens is 260 g/mol. The summed E-state index contributed by atoms with van der Waals surface area (Å²) in [6.07, 6.45) is 1.27. The standard InChI is InChI=1S/C10H15BrN2S/c11-10-8-14-7-9(10)6-13-4-1-2-12-3-5-13/h7-8,12H,1-6H2. The number of halogens is 1. The highest BCUT2D eigenvalue weighted by atomic mass is 79.9. The maximum Gasteiger partial charge on any atom is 0.0327 e. The van der Waals surface area contributed by atoms with E-state index in [4.69, 9.17) is 0 Å². The van der Waals surface area contributed by atoms with Crippen molar-refractivity contribution < 1.29 is 0 Å². The fourth-order valence-electron chi connectivity index (χ4n) is 1.72. The molecule has 1 fully saturated rings. The Labute approximate surface area is 97.4 Å². The average molecular weight is 275 g/mol. The van der Waals surface area contributed by atoms with Crippen LogP contribution in [0, 0.1) is 0 Å². The summed E-state index contributed by atoms with van der Waals surface area (Å²) >= 11 is 5.35. The van der Waals surface area contributed by atoms with Gasteiger partial charge in [-0.3, -0.25) is 4.90 Å². The second-order valence-electron chi connectivity index (χ2n) is 3.62. The van der Waals surface area contributed by atoms with Crippen LogP contribution in [0.5, 0.6) is 0 Å². The molecule has 1 aromatic heterocycles. The zero-order chi connectivity index (χ0) is 9.80. The molecule has 0 atom stereocenters. The van der Waals surface area contributed by atoms with Gasteiger partial charge in [0, 0.05) is 29.5 Å². The third kappa shape index (κ3) is 2.79. The maximum absolute atomic E-state index is 3.58. The lowest BCUT2D eigenvalue weighted by molar-refractivity contribution is 0.284. The van der Waals surface area contributed by atoms with E-state index >= 15 is 0 Å². The van der Waals surface area contributed by atoms with Crippen LogP contribution in [0.15, 0.2) is 15.2 Å². The van der Waals surface area contributed by atoms with Crippen molar-refractivity contribution in [1.29, 1.82) is 0 Å². The van der Waals surface area contributed by atoms with Gasteiger partial charge in [0.1, 0.15) is 0 Å². The third-order valence-electron chi connectivity index (χ3n) is 2.52. The van der Waals surface area contributed by atoms with Gasteiger partial charge in [-0.15, -0.1) is 0 Å². The largest absolute Gasteiger partial charge is 0.315 e. The molecule has 1 saturated heterocycles. The SMILES string of the molecule is Brc1cscc1CN1CCCNCC1. The van der Waals surface area contributed by atoms with Crippen molar-refractivity contribution in [2.45, 2.75) is 13.0 Å². The average Bonchev–Trinajstić information content (AvgIpc) is 2.44. The van der Waals surface area contributed by atoms with Crippen LogP contribution in [-0.2, 0) is 6.54 Å². The number of rotatable bonds is 2. The summed E-state index contributed by atoms with van der Waals surface area (Å²) in [5, 5.41) is 7.82. The van der Waals surface area contributed by atoms with E-state index in [1.165, 1.54) is 36.1 Å². The van der Waals surface area contributed by atoms with Crippen LogP contribution in [0.4, 0.5) is 0 Å². The summed E-state index contributed by atoms with van der Waals surface area (Å²) in [5.74, 6) is 0. The van der Waals surface area contributed by atoms with Gasteiger partial charge >= 0.3 is 0 Å². The van der Waals surface area contributed by atoms with Crippen molar-refractivity contribution >= 4 is 27.3 Å². The maximum atomic E-state index is 3.58. The Balaban J connectivity index is 1.92. The lowest BCUT2D eigenvalue weighted by Gasteiger charge is -2.18. The van der Waals surface area contributed by atoms with Gasteiger partial charge in [0.15, 0.2) is 0 Å². The molecule has 0 bridgehead atoms. The fourth-order valence-corrected chi connectivity index (χ4v) is 3.14. The molecule has 2 nitrogen and oxygen atoms in total. The predicted octanol–water partition coefficient (Wildman–Crippen LogP) is 2.31. The Morgan fingerprint density at radius 3 is 3.07 bits per heavy atom. The molecule has 4 heteroatoms. The van der Waals surface area contributed by atoms with Gasteiger partial charge in [0.2, 0.25) is 0 Å². The van der Waals surface area contributed by atoms with E-state index in [1.54, 1.807) is 11.3 Å². The molecule has 1 aromatic rings. The summed E-state index contributed by atoms with van der Waals surface area (Å²) in [7, 11) is 0. The molecule has 0 aliphatic carbocycles. The minimum Gasteiger partial charge on any atom is -0.315 e. The van der Waals surface area contributed by atoms with Crippen LogP contribution in [-0.4, -0.2) is 31.1 Å². The van der Waals surface area contributed by atoms with Gasteiger partial charge in [0.05, 0.1) is 0 Å². The van der Waals surface area contributed by atoms with E-state index in [0.717, 1.165) is 13.1 Å². The van der Waals surface area contributed by atoms with Crippen molar-refractivity contribution in [1.82, 2.24) is 10.2 Å². The van der Waals surface area contributed by atoms with Crippen molar-refractivity contribution in [3.63, 3.8) is 0 Å². The monoisotopic (exact) mass is 274 g/mol. The highest BCUT2D eigenvalue weighted by Crippen LogP contribution is 2.22. The summed E-state index contributed by atoms with van der Waals surface area (Å²) in [6, 6.07) is 0. The molecule has 0 radical (unpaired) electrons. The molecule has 0 aromatic carbocycles. The second kappa shape index (κ2) is 5.26. The highest BCUT2D eigenvalue weighted by molar-refractivity contribution is 9.10. The van der Waals surface area contributed by atoms with E-state index in [1.807, 2.05) is 0 Å². The molecule has 0 saturated carbocycles. The number of nitrogens with one attached hydrogen (secondary N) is 1. The zero-order valence-electron chi connectivity index (χ0n) is 8.13. The quantitative estimate of drug-likeness (QED) is 0.891. The minimum atomic E-state index is 1.09. The molecule has 14 heavy (non-hydrogen) atoms. The van der Waals surface area contributed by atoms with Gasteiger partial charge in [-0.05, 0) is 46.4 Å². The first-order valence-electron chi connectivity index (χ1n) is 5.00. The summed E-state index contributed by atoms with van der Waals surface area (Å²) in [5.41, 5.74) is 1.43. The van der Waals surface area contributed by atoms with E-state index in [2.05, 4.69) is 36.9 Å². The van der Waals surface area contributed by atoms with Crippen LogP contribution in [0.3, 0.4) is 0 Å². The van der Waals surface area contributed by atoms with E-state index < -0.39 is 0 Å². The first kappa shape index (κ1) is 10.6. The van der Waals surface area contributed by atoms with Gasteiger partial charge in [-0.1, -0.05) is 0 Å². The van der Waals surface area contributed by atoms with Crippen LogP contribution >= 0.6 is 27.3 Å². The normalized spacial score (nSPS) is 19.5. The van der Waals surface area contributed by atoms with Crippen molar-refractivity contribution in [3.05, 3.63) is 20.8 Å². The topological polar surface area (TPSA) is 15.3 Å². The third-order valence-corrected chi connectivity index (χ3v) is 4.35. The summed E-state index contributed by atoms with van der Waals surface area (Å²) in [6.45, 7) is 5.77. The molecular formula is C10H15BrN2S. The molecule has 1 aliphatic heterocycles. The Morgan fingerprint density at radius 1 is 1.36 bits per heavy atom. The Bertz CT molecular complexity index is 279. The Hall–Kier alpha value is 0.1000. The molecule has 0 unspecified atom stereocenters. The van der Waals surface area contributed by atoms with E-state index in [-0.39, 0.29) is 0 Å². The van der Waals surface area contributed by atoms with Crippen LogP contribution in [0.25, 0.3) is 0 Å². The molecule has 0 spiro atoms. The van der Waals surface area contributed by atoms with Crippen molar-refractivity contribution in [2.75, 3.05) is 26.2 Å². The summed E-state index contributed by atoms with van der Waals surface area (Å²) in [4.78, 5) is 2.52. The zero-order valence-corrected chi connectivity index (χ0v) is 10.5. The van der Waals surface area contributed by atoms with Crippen molar-refractivity contribution in [2.24, 2.45) is 0 Å². The van der Waals surface area contributed by atoms with Crippen LogP contribution < -0.4 is 5.32 Å². The lowest BCUT2D eigenvalue weighted by atomic mass is 10.3. The van der Waals surface area contributed by atoms with Gasteiger partial charge < -0.3 is 5.32 Å². The molecule has 2 heterocycles. The molecule has 0 amide bonds.